The fourth-order valence-electron chi connectivity index (χ4n) is 2.87. The summed E-state index contributed by atoms with van der Waals surface area (Å²) in [6.45, 7) is 3.55. The minimum atomic E-state index is -0.841. The van der Waals surface area contributed by atoms with Gasteiger partial charge in [-0.05, 0) is 25.3 Å². The largest absolute Gasteiger partial charge is 0.481 e. The summed E-state index contributed by atoms with van der Waals surface area (Å²) in [7, 11) is 0. The molecule has 0 atom stereocenters. The van der Waals surface area contributed by atoms with Crippen molar-refractivity contribution in [2.75, 3.05) is 26.2 Å². The smallest absolute Gasteiger partial charge is 0.320 e. The number of likely N-dealkylation sites (tertiary alicyclic amines) is 1. The molecular weight excluding hydrogens is 270 g/mol. The van der Waals surface area contributed by atoms with E-state index in [1.54, 1.807) is 6.92 Å². The molecular formula is C16H21NO4. The van der Waals surface area contributed by atoms with Crippen LogP contribution < -0.4 is 0 Å². The van der Waals surface area contributed by atoms with Crippen LogP contribution in [0.15, 0.2) is 30.3 Å². The molecule has 0 saturated carbocycles. The van der Waals surface area contributed by atoms with Crippen LogP contribution in [0.4, 0.5) is 0 Å². The number of hydrogen-bond donors (Lipinski definition) is 1. The fourth-order valence-corrected chi connectivity index (χ4v) is 2.87. The van der Waals surface area contributed by atoms with Crippen molar-refractivity contribution >= 4 is 11.9 Å². The number of aliphatic carboxylic acids is 1. The number of rotatable bonds is 5. The minimum absolute atomic E-state index is 0.234. The van der Waals surface area contributed by atoms with E-state index in [2.05, 4.69) is 0 Å². The molecule has 1 fully saturated rings. The normalized spacial score (nSPS) is 18.1. The summed E-state index contributed by atoms with van der Waals surface area (Å²) < 4.78 is 4.93. The summed E-state index contributed by atoms with van der Waals surface area (Å²) in [5.74, 6) is -1.04. The minimum Gasteiger partial charge on any atom is -0.481 e. The first-order valence-corrected chi connectivity index (χ1v) is 7.25. The van der Waals surface area contributed by atoms with Crippen molar-refractivity contribution in [3.05, 3.63) is 35.9 Å². The molecule has 0 unspecified atom stereocenters. The van der Waals surface area contributed by atoms with Gasteiger partial charge in [-0.25, -0.2) is 0 Å². The Bertz CT molecular complexity index is 492. The maximum atomic E-state index is 11.8. The second-order valence-electron chi connectivity index (χ2n) is 5.33. The van der Waals surface area contributed by atoms with Crippen molar-refractivity contribution in [2.45, 2.75) is 25.2 Å². The van der Waals surface area contributed by atoms with Crippen LogP contribution in [0.5, 0.6) is 0 Å². The molecule has 0 amide bonds. The van der Waals surface area contributed by atoms with Crippen molar-refractivity contribution in [2.24, 2.45) is 0 Å². The number of carboxylic acid groups (broad SMARTS) is 1. The quantitative estimate of drug-likeness (QED) is 0.836. The molecule has 1 aromatic rings. The van der Waals surface area contributed by atoms with Crippen LogP contribution in [0.1, 0.15) is 25.3 Å². The Morgan fingerprint density at radius 2 is 1.86 bits per heavy atom. The number of ether oxygens (including phenoxy) is 1. The van der Waals surface area contributed by atoms with E-state index in [9.17, 15) is 14.7 Å². The van der Waals surface area contributed by atoms with Gasteiger partial charge in [0.2, 0.25) is 0 Å². The average Bonchev–Trinajstić information content (AvgIpc) is 2.49. The molecule has 114 valence electrons. The van der Waals surface area contributed by atoms with Gasteiger partial charge in [0.05, 0.1) is 18.6 Å². The van der Waals surface area contributed by atoms with Gasteiger partial charge in [0, 0.05) is 13.1 Å². The lowest BCUT2D eigenvalue weighted by Gasteiger charge is -2.38. The van der Waals surface area contributed by atoms with Gasteiger partial charge in [-0.1, -0.05) is 30.3 Å². The highest BCUT2D eigenvalue weighted by Gasteiger charge is 2.43. The molecule has 1 saturated heterocycles. The Morgan fingerprint density at radius 1 is 1.24 bits per heavy atom. The number of hydrogen-bond acceptors (Lipinski definition) is 4. The van der Waals surface area contributed by atoms with Gasteiger partial charge in [-0.2, -0.15) is 0 Å². The predicted molar refractivity (Wildman–Crippen MR) is 78.1 cm³/mol. The van der Waals surface area contributed by atoms with E-state index in [1.165, 1.54) is 0 Å². The van der Waals surface area contributed by atoms with Gasteiger partial charge in [0.15, 0.2) is 0 Å². The van der Waals surface area contributed by atoms with E-state index >= 15 is 0 Å². The predicted octanol–water partition coefficient (Wildman–Crippen LogP) is 1.67. The molecule has 2 rings (SSSR count). The molecule has 21 heavy (non-hydrogen) atoms. The Labute approximate surface area is 124 Å². The van der Waals surface area contributed by atoms with Gasteiger partial charge in [0.25, 0.3) is 0 Å². The summed E-state index contributed by atoms with van der Waals surface area (Å²) in [4.78, 5) is 25.3. The Kier molecular flexibility index (Phi) is 4.96. The Hall–Kier alpha value is -1.88. The molecule has 1 aliphatic rings. The molecule has 0 spiro atoms. The molecule has 5 heteroatoms. The van der Waals surface area contributed by atoms with E-state index in [4.69, 9.17) is 4.74 Å². The molecule has 0 aliphatic carbocycles. The van der Waals surface area contributed by atoms with Gasteiger partial charge in [-0.3, -0.25) is 14.5 Å². The van der Waals surface area contributed by atoms with Crippen LogP contribution in [-0.4, -0.2) is 48.2 Å². The van der Waals surface area contributed by atoms with E-state index in [0.717, 1.165) is 5.56 Å². The van der Waals surface area contributed by atoms with Crippen LogP contribution in [-0.2, 0) is 19.7 Å². The lowest BCUT2D eigenvalue weighted by atomic mass is 9.73. The third kappa shape index (κ3) is 3.42. The SMILES string of the molecule is CCOC(=O)CN1CCC(C(=O)O)(c2ccccc2)CC1. The summed E-state index contributed by atoms with van der Waals surface area (Å²) >= 11 is 0. The van der Waals surface area contributed by atoms with E-state index < -0.39 is 11.4 Å². The molecule has 5 nitrogen and oxygen atoms in total. The average molecular weight is 291 g/mol. The first-order chi connectivity index (χ1) is 10.1. The van der Waals surface area contributed by atoms with Crippen LogP contribution >= 0.6 is 0 Å². The molecule has 1 aromatic carbocycles. The highest BCUT2D eigenvalue weighted by atomic mass is 16.5. The second kappa shape index (κ2) is 6.72. The van der Waals surface area contributed by atoms with Crippen molar-refractivity contribution in [3.63, 3.8) is 0 Å². The summed E-state index contributed by atoms with van der Waals surface area (Å²) in [5.41, 5.74) is 0.000152. The van der Waals surface area contributed by atoms with E-state index in [-0.39, 0.29) is 12.5 Å². The molecule has 0 aromatic heterocycles. The molecule has 1 N–H and O–H groups in total. The fraction of sp³-hybridized carbons (Fsp3) is 0.500. The van der Waals surface area contributed by atoms with Gasteiger partial charge in [0.1, 0.15) is 0 Å². The van der Waals surface area contributed by atoms with Crippen molar-refractivity contribution in [3.8, 4) is 0 Å². The number of nitrogens with zero attached hydrogens (tertiary/aromatic N) is 1. The van der Waals surface area contributed by atoms with Crippen LogP contribution in [0.25, 0.3) is 0 Å². The first-order valence-electron chi connectivity index (χ1n) is 7.25. The standard InChI is InChI=1S/C16H21NO4/c1-2-21-14(18)12-17-10-8-16(9-11-17,15(19)20)13-6-4-3-5-7-13/h3-7H,2,8-12H2,1H3,(H,19,20). The molecule has 1 heterocycles. The van der Waals surface area contributed by atoms with Gasteiger partial charge < -0.3 is 9.84 Å². The molecule has 0 radical (unpaired) electrons. The van der Waals surface area contributed by atoms with Crippen molar-refractivity contribution < 1.29 is 19.4 Å². The maximum absolute atomic E-state index is 11.8. The zero-order valence-corrected chi connectivity index (χ0v) is 12.2. The third-order valence-electron chi connectivity index (χ3n) is 4.10. The summed E-state index contributed by atoms with van der Waals surface area (Å²) in [6, 6.07) is 9.36. The number of esters is 1. The third-order valence-corrected chi connectivity index (χ3v) is 4.10. The molecule has 1 aliphatic heterocycles. The van der Waals surface area contributed by atoms with Crippen LogP contribution in [0.3, 0.4) is 0 Å². The number of carbonyl (C=O) groups excluding carboxylic acids is 1. The lowest BCUT2D eigenvalue weighted by molar-refractivity contribution is -0.147. The van der Waals surface area contributed by atoms with Crippen LogP contribution in [0.2, 0.25) is 0 Å². The topological polar surface area (TPSA) is 66.8 Å². The van der Waals surface area contributed by atoms with Gasteiger partial charge >= 0.3 is 11.9 Å². The lowest BCUT2D eigenvalue weighted by Crippen LogP contribution is -2.48. The van der Waals surface area contributed by atoms with Crippen molar-refractivity contribution in [1.82, 2.24) is 4.90 Å². The van der Waals surface area contributed by atoms with Gasteiger partial charge in [-0.15, -0.1) is 0 Å². The second-order valence-corrected chi connectivity index (χ2v) is 5.33. The number of benzene rings is 1. The highest BCUT2D eigenvalue weighted by molar-refractivity contribution is 5.81. The van der Waals surface area contributed by atoms with E-state index in [1.807, 2.05) is 35.2 Å². The number of carboxylic acids is 1. The summed E-state index contributed by atoms with van der Waals surface area (Å²) in [6.07, 6.45) is 1.01. The monoisotopic (exact) mass is 291 g/mol. The first kappa shape index (κ1) is 15.5. The number of carbonyl (C=O) groups is 2. The Balaban J connectivity index is 2.05. The summed E-state index contributed by atoms with van der Waals surface area (Å²) in [5, 5.41) is 9.68. The van der Waals surface area contributed by atoms with Crippen molar-refractivity contribution in [1.29, 1.82) is 0 Å². The van der Waals surface area contributed by atoms with Crippen LogP contribution in [0, 0.1) is 0 Å². The number of piperidine rings is 1. The van der Waals surface area contributed by atoms with E-state index in [0.29, 0.717) is 32.5 Å². The maximum Gasteiger partial charge on any atom is 0.320 e. The molecule has 0 bridgehead atoms. The zero-order valence-electron chi connectivity index (χ0n) is 12.2. The Morgan fingerprint density at radius 3 is 2.38 bits per heavy atom. The zero-order chi connectivity index (χ0) is 15.3. The highest BCUT2D eigenvalue weighted by Crippen LogP contribution is 2.35.